The lowest BCUT2D eigenvalue weighted by Gasteiger charge is -1.99. The van der Waals surface area contributed by atoms with Gasteiger partial charge in [-0.15, -0.1) is 12.3 Å². The van der Waals surface area contributed by atoms with Crippen molar-refractivity contribution in [3.05, 3.63) is 30.3 Å². The van der Waals surface area contributed by atoms with E-state index in [0.29, 0.717) is 12.2 Å². The van der Waals surface area contributed by atoms with E-state index in [1.807, 2.05) is 30.3 Å². The average Bonchev–Trinajstić information content (AvgIpc) is 2.19. The topological polar surface area (TPSA) is 17.1 Å². The van der Waals surface area contributed by atoms with Crippen LogP contribution in [0, 0.1) is 12.3 Å². The predicted octanol–water partition coefficient (Wildman–Crippen LogP) is 2.21. The second-order valence-electron chi connectivity index (χ2n) is 2.67. The summed E-state index contributed by atoms with van der Waals surface area (Å²) in [5, 5.41) is 0. The molecule has 0 amide bonds. The third-order valence-electron chi connectivity index (χ3n) is 1.66. The smallest absolute Gasteiger partial charge is 0.0529 e. The minimum Gasteiger partial charge on any atom is -0.254 e. The van der Waals surface area contributed by atoms with Crippen molar-refractivity contribution >= 4 is 10.8 Å². The van der Waals surface area contributed by atoms with Crippen LogP contribution in [0.1, 0.15) is 12.8 Å². The van der Waals surface area contributed by atoms with Crippen LogP contribution in [-0.4, -0.2) is 9.96 Å². The standard InChI is InChI=1S/C11H12OS/c1-2-3-7-10-13(12)11-8-5-4-6-9-11/h1,4-6,8-9H,3,7,10H2. The van der Waals surface area contributed by atoms with Gasteiger partial charge in [-0.3, -0.25) is 4.21 Å². The lowest BCUT2D eigenvalue weighted by atomic mass is 10.4. The van der Waals surface area contributed by atoms with E-state index >= 15 is 0 Å². The van der Waals surface area contributed by atoms with Gasteiger partial charge in [0.05, 0.1) is 10.8 Å². The molecule has 0 N–H and O–H groups in total. The molecule has 0 aliphatic heterocycles. The second-order valence-corrected chi connectivity index (χ2v) is 4.24. The lowest BCUT2D eigenvalue weighted by Crippen LogP contribution is -1.97. The summed E-state index contributed by atoms with van der Waals surface area (Å²) in [6, 6.07) is 9.48. The van der Waals surface area contributed by atoms with E-state index in [4.69, 9.17) is 6.42 Å². The zero-order chi connectivity index (χ0) is 9.52. The molecule has 1 aromatic rings. The number of hydrogen-bond donors (Lipinski definition) is 0. The molecule has 1 atom stereocenters. The Labute approximate surface area is 81.6 Å². The van der Waals surface area contributed by atoms with E-state index in [-0.39, 0.29) is 0 Å². The SMILES string of the molecule is C#CCCCS(=O)c1ccccc1. The zero-order valence-electron chi connectivity index (χ0n) is 7.40. The van der Waals surface area contributed by atoms with Crippen molar-refractivity contribution < 1.29 is 4.21 Å². The molecule has 2 heteroatoms. The molecule has 0 saturated carbocycles. The van der Waals surface area contributed by atoms with Crippen LogP contribution >= 0.6 is 0 Å². The Morgan fingerprint density at radius 1 is 1.31 bits per heavy atom. The van der Waals surface area contributed by atoms with Crippen LogP contribution in [0.25, 0.3) is 0 Å². The third kappa shape index (κ3) is 3.43. The van der Waals surface area contributed by atoms with Crippen LogP contribution in [0.4, 0.5) is 0 Å². The number of rotatable bonds is 4. The fraction of sp³-hybridized carbons (Fsp3) is 0.273. The molecule has 1 unspecified atom stereocenters. The number of hydrogen-bond acceptors (Lipinski definition) is 1. The molecule has 0 bridgehead atoms. The maximum atomic E-state index is 11.6. The minimum absolute atomic E-state index is 0.661. The van der Waals surface area contributed by atoms with Crippen molar-refractivity contribution in [2.45, 2.75) is 17.7 Å². The monoisotopic (exact) mass is 192 g/mol. The summed E-state index contributed by atoms with van der Waals surface area (Å²) < 4.78 is 11.6. The Bertz CT molecular complexity index is 311. The van der Waals surface area contributed by atoms with Gasteiger partial charge in [0.15, 0.2) is 0 Å². The van der Waals surface area contributed by atoms with E-state index in [0.717, 1.165) is 11.3 Å². The van der Waals surface area contributed by atoms with Crippen LogP contribution < -0.4 is 0 Å². The molecule has 0 fully saturated rings. The first-order chi connectivity index (χ1) is 6.34. The third-order valence-corrected chi connectivity index (χ3v) is 3.11. The maximum Gasteiger partial charge on any atom is 0.0529 e. The highest BCUT2D eigenvalue weighted by Crippen LogP contribution is 2.06. The summed E-state index contributed by atoms with van der Waals surface area (Å²) in [4.78, 5) is 0.888. The van der Waals surface area contributed by atoms with Crippen molar-refractivity contribution in [2.24, 2.45) is 0 Å². The number of benzene rings is 1. The molecule has 0 heterocycles. The molecule has 0 spiro atoms. The highest BCUT2D eigenvalue weighted by molar-refractivity contribution is 7.85. The van der Waals surface area contributed by atoms with E-state index in [9.17, 15) is 4.21 Å². The van der Waals surface area contributed by atoms with Crippen LogP contribution in [0.2, 0.25) is 0 Å². The van der Waals surface area contributed by atoms with Crippen LogP contribution in [0.3, 0.4) is 0 Å². The van der Waals surface area contributed by atoms with Gasteiger partial charge in [0.25, 0.3) is 0 Å². The highest BCUT2D eigenvalue weighted by Gasteiger charge is 2.00. The molecular formula is C11H12OS. The van der Waals surface area contributed by atoms with E-state index in [1.165, 1.54) is 0 Å². The quantitative estimate of drug-likeness (QED) is 0.528. The Balaban J connectivity index is 2.46. The van der Waals surface area contributed by atoms with E-state index in [2.05, 4.69) is 5.92 Å². The normalized spacial score (nSPS) is 11.9. The fourth-order valence-corrected chi connectivity index (χ4v) is 2.10. The van der Waals surface area contributed by atoms with Gasteiger partial charge in [0.2, 0.25) is 0 Å². The molecular weight excluding hydrogens is 180 g/mol. The molecule has 1 rings (SSSR count). The van der Waals surface area contributed by atoms with Gasteiger partial charge in [-0.25, -0.2) is 0 Å². The van der Waals surface area contributed by atoms with Gasteiger partial charge >= 0.3 is 0 Å². The number of unbranched alkanes of at least 4 members (excludes halogenated alkanes) is 1. The van der Waals surface area contributed by atoms with Crippen LogP contribution in [0.15, 0.2) is 35.2 Å². The Morgan fingerprint density at radius 3 is 2.62 bits per heavy atom. The summed E-state index contributed by atoms with van der Waals surface area (Å²) in [7, 11) is -0.880. The van der Waals surface area contributed by atoms with Gasteiger partial charge in [-0.2, -0.15) is 0 Å². The Morgan fingerprint density at radius 2 is 2.00 bits per heavy atom. The molecule has 1 aromatic carbocycles. The van der Waals surface area contributed by atoms with E-state index in [1.54, 1.807) is 0 Å². The first kappa shape index (κ1) is 10.0. The van der Waals surface area contributed by atoms with Crippen molar-refractivity contribution in [1.29, 1.82) is 0 Å². The summed E-state index contributed by atoms with van der Waals surface area (Å²) in [6.07, 6.45) is 6.64. The molecule has 13 heavy (non-hydrogen) atoms. The molecule has 68 valence electrons. The largest absolute Gasteiger partial charge is 0.254 e. The Kier molecular flexibility index (Phi) is 4.28. The molecule has 1 nitrogen and oxygen atoms in total. The van der Waals surface area contributed by atoms with Gasteiger partial charge < -0.3 is 0 Å². The molecule has 0 aromatic heterocycles. The van der Waals surface area contributed by atoms with Crippen molar-refractivity contribution in [2.75, 3.05) is 5.75 Å². The van der Waals surface area contributed by atoms with Gasteiger partial charge in [0, 0.05) is 17.1 Å². The summed E-state index contributed by atoms with van der Waals surface area (Å²) in [6.45, 7) is 0. The maximum absolute atomic E-state index is 11.6. The first-order valence-corrected chi connectivity index (χ1v) is 5.53. The molecule has 0 radical (unpaired) electrons. The van der Waals surface area contributed by atoms with Crippen molar-refractivity contribution in [1.82, 2.24) is 0 Å². The lowest BCUT2D eigenvalue weighted by molar-refractivity contribution is 0.681. The average molecular weight is 192 g/mol. The van der Waals surface area contributed by atoms with Gasteiger partial charge in [-0.1, -0.05) is 18.2 Å². The van der Waals surface area contributed by atoms with Crippen molar-refractivity contribution in [3.8, 4) is 12.3 Å². The molecule has 0 saturated heterocycles. The molecule has 0 aliphatic carbocycles. The predicted molar refractivity (Wildman–Crippen MR) is 55.8 cm³/mol. The van der Waals surface area contributed by atoms with Crippen LogP contribution in [-0.2, 0) is 10.8 Å². The summed E-state index contributed by atoms with van der Waals surface area (Å²) >= 11 is 0. The second kappa shape index (κ2) is 5.55. The minimum atomic E-state index is -0.880. The summed E-state index contributed by atoms with van der Waals surface area (Å²) in [5.74, 6) is 3.20. The fourth-order valence-electron chi connectivity index (χ4n) is 0.995. The highest BCUT2D eigenvalue weighted by atomic mass is 32.2. The van der Waals surface area contributed by atoms with Crippen molar-refractivity contribution in [3.63, 3.8) is 0 Å². The summed E-state index contributed by atoms with van der Waals surface area (Å²) in [5.41, 5.74) is 0. The first-order valence-electron chi connectivity index (χ1n) is 4.21. The number of terminal acetylenes is 1. The Hall–Kier alpha value is -1.07. The molecule has 0 aliphatic rings. The zero-order valence-corrected chi connectivity index (χ0v) is 8.22. The van der Waals surface area contributed by atoms with Crippen LogP contribution in [0.5, 0.6) is 0 Å². The van der Waals surface area contributed by atoms with Gasteiger partial charge in [0.1, 0.15) is 0 Å². The van der Waals surface area contributed by atoms with Gasteiger partial charge in [-0.05, 0) is 18.6 Å². The van der Waals surface area contributed by atoms with E-state index < -0.39 is 10.8 Å².